The molecule has 1 aromatic carbocycles. The van der Waals surface area contributed by atoms with E-state index in [0.717, 1.165) is 15.0 Å². The predicted molar refractivity (Wildman–Crippen MR) is 102 cm³/mol. The summed E-state index contributed by atoms with van der Waals surface area (Å²) in [6.07, 6.45) is 3.15. The van der Waals surface area contributed by atoms with Crippen molar-refractivity contribution in [1.29, 1.82) is 0 Å². The fraction of sp³-hybridized carbons (Fsp3) is 0.294. The first-order valence-electron chi connectivity index (χ1n) is 7.86. The van der Waals surface area contributed by atoms with Crippen LogP contribution in [0.2, 0.25) is 5.02 Å². The summed E-state index contributed by atoms with van der Waals surface area (Å²) in [4.78, 5) is 24.2. The minimum absolute atomic E-state index is 0.0659. The molecule has 0 bridgehead atoms. The molecule has 1 atom stereocenters. The number of rotatable bonds is 5. The molecule has 2 aromatic rings. The molecule has 138 valence electrons. The first kappa shape index (κ1) is 18.9. The van der Waals surface area contributed by atoms with E-state index in [0.29, 0.717) is 11.4 Å². The van der Waals surface area contributed by atoms with Gasteiger partial charge in [0.1, 0.15) is 0 Å². The van der Waals surface area contributed by atoms with Crippen molar-refractivity contribution >= 4 is 60.8 Å². The number of halogens is 1. The first-order valence-corrected chi connectivity index (χ1v) is 10.9. The van der Waals surface area contributed by atoms with E-state index in [4.69, 9.17) is 16.3 Å². The molecule has 26 heavy (non-hydrogen) atoms. The van der Waals surface area contributed by atoms with Crippen LogP contribution in [-0.4, -0.2) is 44.4 Å². The van der Waals surface area contributed by atoms with E-state index in [2.05, 4.69) is 5.32 Å². The normalized spacial score (nSPS) is 19.0. The van der Waals surface area contributed by atoms with E-state index < -0.39 is 34.4 Å². The zero-order valence-corrected chi connectivity index (χ0v) is 16.0. The number of ether oxygens (including phenoxy) is 1. The van der Waals surface area contributed by atoms with Crippen molar-refractivity contribution in [3.63, 3.8) is 0 Å². The smallest absolute Gasteiger partial charge is 0.331 e. The van der Waals surface area contributed by atoms with Crippen LogP contribution in [0.5, 0.6) is 0 Å². The molecule has 1 aliphatic heterocycles. The second kappa shape index (κ2) is 7.77. The fourth-order valence-corrected chi connectivity index (χ4v) is 5.72. The summed E-state index contributed by atoms with van der Waals surface area (Å²) in [6, 6.07) is 7.22. The Morgan fingerprint density at radius 3 is 2.81 bits per heavy atom. The van der Waals surface area contributed by atoms with Crippen molar-refractivity contribution in [1.82, 2.24) is 5.32 Å². The number of hydrogen-bond donors (Lipinski definition) is 1. The highest BCUT2D eigenvalue weighted by Gasteiger charge is 2.28. The van der Waals surface area contributed by atoms with E-state index in [-0.39, 0.29) is 11.5 Å². The zero-order valence-electron chi connectivity index (χ0n) is 13.6. The summed E-state index contributed by atoms with van der Waals surface area (Å²) < 4.78 is 28.6. The molecule has 2 heterocycles. The van der Waals surface area contributed by atoms with Crippen LogP contribution in [0.4, 0.5) is 0 Å². The molecule has 0 saturated carbocycles. The summed E-state index contributed by atoms with van der Waals surface area (Å²) in [7, 11) is -3.07. The van der Waals surface area contributed by atoms with Gasteiger partial charge >= 0.3 is 5.97 Å². The van der Waals surface area contributed by atoms with Gasteiger partial charge in [-0.05, 0) is 18.6 Å². The number of sulfone groups is 1. The van der Waals surface area contributed by atoms with Gasteiger partial charge in [-0.15, -0.1) is 11.3 Å². The van der Waals surface area contributed by atoms with Crippen molar-refractivity contribution in [2.75, 3.05) is 18.1 Å². The largest absolute Gasteiger partial charge is 0.452 e. The monoisotopic (exact) mass is 413 g/mol. The molecular formula is C17H16ClNO5S2. The highest BCUT2D eigenvalue weighted by atomic mass is 35.5. The Balaban J connectivity index is 1.51. The summed E-state index contributed by atoms with van der Waals surface area (Å²) in [6.45, 7) is -0.458. The predicted octanol–water partition coefficient (Wildman–Crippen LogP) is 2.41. The molecule has 3 rings (SSSR count). The van der Waals surface area contributed by atoms with E-state index in [9.17, 15) is 18.0 Å². The molecule has 9 heteroatoms. The third kappa shape index (κ3) is 4.63. The van der Waals surface area contributed by atoms with Crippen LogP contribution in [-0.2, 0) is 24.2 Å². The Kier molecular flexibility index (Phi) is 5.64. The molecule has 1 saturated heterocycles. The molecule has 0 spiro atoms. The van der Waals surface area contributed by atoms with E-state index in [1.165, 1.54) is 17.4 Å². The lowest BCUT2D eigenvalue weighted by Gasteiger charge is -2.10. The van der Waals surface area contributed by atoms with Crippen molar-refractivity contribution in [3.8, 4) is 0 Å². The average molecular weight is 414 g/mol. The molecule has 0 radical (unpaired) electrons. The maximum atomic E-state index is 11.8. The van der Waals surface area contributed by atoms with Gasteiger partial charge in [0.05, 0.1) is 16.5 Å². The minimum atomic E-state index is -3.07. The van der Waals surface area contributed by atoms with Crippen LogP contribution in [0.3, 0.4) is 0 Å². The topological polar surface area (TPSA) is 89.5 Å². The molecule has 1 fully saturated rings. The number of carbonyl (C=O) groups is 2. The number of esters is 1. The van der Waals surface area contributed by atoms with Gasteiger partial charge in [-0.2, -0.15) is 0 Å². The average Bonchev–Trinajstić information content (AvgIpc) is 3.10. The molecule has 1 aromatic heterocycles. The second-order valence-corrected chi connectivity index (χ2v) is 9.58. The van der Waals surface area contributed by atoms with Gasteiger partial charge in [0.25, 0.3) is 5.91 Å². The van der Waals surface area contributed by atoms with Crippen molar-refractivity contribution in [2.24, 2.45) is 0 Å². The molecule has 1 aliphatic rings. The van der Waals surface area contributed by atoms with Crippen LogP contribution in [0.25, 0.3) is 16.2 Å². The van der Waals surface area contributed by atoms with Gasteiger partial charge in [0.15, 0.2) is 16.4 Å². The third-order valence-corrected chi connectivity index (χ3v) is 7.30. The number of fused-ring (bicyclic) bond motifs is 1. The maximum absolute atomic E-state index is 11.8. The highest BCUT2D eigenvalue weighted by molar-refractivity contribution is 7.91. The molecule has 6 nitrogen and oxygen atoms in total. The van der Waals surface area contributed by atoms with Crippen LogP contribution in [0, 0.1) is 0 Å². The first-order chi connectivity index (χ1) is 12.3. The zero-order chi connectivity index (χ0) is 18.7. The summed E-state index contributed by atoms with van der Waals surface area (Å²) in [5.41, 5.74) is 0. The standard InChI is InChI=1S/C17H16ClNO5S2/c18-17-12-3-1-2-4-13(12)25-14(17)5-6-16(21)24-9-15(20)19-11-7-8-26(22,23)10-11/h1-6,11H,7-10H2,(H,19,20)/b6-5+. The highest BCUT2D eigenvalue weighted by Crippen LogP contribution is 2.35. The third-order valence-electron chi connectivity index (χ3n) is 3.87. The number of carbonyl (C=O) groups excluding carboxylic acids is 2. The Labute approximate surface area is 159 Å². The van der Waals surface area contributed by atoms with Gasteiger partial charge in [0, 0.05) is 27.1 Å². The minimum Gasteiger partial charge on any atom is -0.452 e. The van der Waals surface area contributed by atoms with Crippen LogP contribution in [0.15, 0.2) is 30.3 Å². The molecular weight excluding hydrogens is 398 g/mol. The molecule has 1 amide bonds. The van der Waals surface area contributed by atoms with E-state index in [1.54, 1.807) is 6.08 Å². The van der Waals surface area contributed by atoms with Crippen LogP contribution < -0.4 is 5.32 Å². The molecule has 0 aliphatic carbocycles. The lowest BCUT2D eigenvalue weighted by atomic mass is 10.2. The number of amides is 1. The molecule has 1 unspecified atom stereocenters. The van der Waals surface area contributed by atoms with Crippen molar-refractivity contribution < 1.29 is 22.7 Å². The van der Waals surface area contributed by atoms with Gasteiger partial charge in [-0.25, -0.2) is 13.2 Å². The van der Waals surface area contributed by atoms with Gasteiger partial charge in [-0.3, -0.25) is 4.79 Å². The van der Waals surface area contributed by atoms with E-state index in [1.807, 2.05) is 24.3 Å². The lowest BCUT2D eigenvalue weighted by molar-refractivity contribution is -0.143. The van der Waals surface area contributed by atoms with Gasteiger partial charge in [0.2, 0.25) is 0 Å². The Hall–Kier alpha value is -1.90. The summed E-state index contributed by atoms with van der Waals surface area (Å²) in [5.74, 6) is -1.20. The Morgan fingerprint density at radius 2 is 2.12 bits per heavy atom. The summed E-state index contributed by atoms with van der Waals surface area (Å²) in [5, 5.41) is 4.03. The van der Waals surface area contributed by atoms with Crippen molar-refractivity contribution in [2.45, 2.75) is 12.5 Å². The number of thiophene rings is 1. The SMILES string of the molecule is O=C(COC(=O)/C=C/c1sc2ccccc2c1Cl)NC1CCS(=O)(=O)C1. The lowest BCUT2D eigenvalue weighted by Crippen LogP contribution is -2.38. The van der Waals surface area contributed by atoms with Gasteiger partial charge in [-0.1, -0.05) is 29.8 Å². The van der Waals surface area contributed by atoms with Crippen molar-refractivity contribution in [3.05, 3.63) is 40.2 Å². The maximum Gasteiger partial charge on any atom is 0.331 e. The fourth-order valence-electron chi connectivity index (χ4n) is 2.65. The Morgan fingerprint density at radius 1 is 1.35 bits per heavy atom. The van der Waals surface area contributed by atoms with Crippen LogP contribution in [0.1, 0.15) is 11.3 Å². The van der Waals surface area contributed by atoms with E-state index >= 15 is 0 Å². The summed E-state index contributed by atoms with van der Waals surface area (Å²) >= 11 is 7.73. The Bertz CT molecular complexity index is 980. The quantitative estimate of drug-likeness (QED) is 0.600. The number of hydrogen-bond acceptors (Lipinski definition) is 6. The number of benzene rings is 1. The van der Waals surface area contributed by atoms with Crippen LogP contribution >= 0.6 is 22.9 Å². The van der Waals surface area contributed by atoms with Gasteiger partial charge < -0.3 is 10.1 Å². The second-order valence-electron chi connectivity index (χ2n) is 5.88. The number of nitrogens with one attached hydrogen (secondary N) is 1. The molecule has 1 N–H and O–H groups in total.